The molecule has 0 aliphatic carbocycles. The van der Waals surface area contributed by atoms with Gasteiger partial charge in [-0.15, -0.1) is 11.3 Å². The fraction of sp³-hybridized carbons (Fsp3) is 0.158. The van der Waals surface area contributed by atoms with Crippen molar-refractivity contribution in [2.45, 2.75) is 13.1 Å². The number of carbonyl (C=O) groups is 1. The molecule has 0 aliphatic heterocycles. The van der Waals surface area contributed by atoms with Crippen LogP contribution in [0.25, 0.3) is 10.6 Å². The molecule has 0 bridgehead atoms. The molecule has 140 valence electrons. The normalized spacial score (nSPS) is 11.3. The van der Waals surface area contributed by atoms with Crippen LogP contribution in [0, 0.1) is 0 Å². The Labute approximate surface area is 157 Å². The van der Waals surface area contributed by atoms with Crippen molar-refractivity contribution >= 4 is 17.3 Å². The molecule has 8 heteroatoms. The van der Waals surface area contributed by atoms with Gasteiger partial charge in [-0.2, -0.15) is 13.2 Å². The number of aromatic nitrogens is 1. The maximum Gasteiger partial charge on any atom is 0.419 e. The lowest BCUT2D eigenvalue weighted by atomic mass is 10.2. The van der Waals surface area contributed by atoms with Gasteiger partial charge in [-0.1, -0.05) is 42.5 Å². The molecule has 1 aromatic heterocycles. The van der Waals surface area contributed by atoms with E-state index in [2.05, 4.69) is 4.98 Å². The Bertz CT molecular complexity index is 939. The molecule has 0 N–H and O–H groups in total. The lowest BCUT2D eigenvalue weighted by molar-refractivity contribution is -0.138. The fourth-order valence-electron chi connectivity index (χ4n) is 2.30. The average molecular weight is 393 g/mol. The van der Waals surface area contributed by atoms with E-state index < -0.39 is 23.5 Å². The molecule has 0 aliphatic rings. The van der Waals surface area contributed by atoms with Gasteiger partial charge in [0, 0.05) is 5.56 Å². The number of halogens is 3. The van der Waals surface area contributed by atoms with Crippen molar-refractivity contribution in [3.63, 3.8) is 0 Å². The molecule has 4 nitrogen and oxygen atoms in total. The summed E-state index contributed by atoms with van der Waals surface area (Å²) in [6.45, 7) is 1.76. The van der Waals surface area contributed by atoms with Gasteiger partial charge in [0.1, 0.15) is 10.8 Å². The monoisotopic (exact) mass is 393 g/mol. The summed E-state index contributed by atoms with van der Waals surface area (Å²) in [6.07, 6.45) is -4.60. The number of hydrogen-bond donors (Lipinski definition) is 0. The van der Waals surface area contributed by atoms with Gasteiger partial charge in [-0.3, -0.25) is 0 Å². The van der Waals surface area contributed by atoms with Crippen LogP contribution in [0.1, 0.15) is 22.2 Å². The van der Waals surface area contributed by atoms with Crippen LogP contribution >= 0.6 is 11.3 Å². The quantitative estimate of drug-likeness (QED) is 0.514. The third kappa shape index (κ3) is 4.28. The summed E-state index contributed by atoms with van der Waals surface area (Å²) >= 11 is 1.00. The Morgan fingerprint density at radius 3 is 2.41 bits per heavy atom. The molecule has 0 fully saturated rings. The van der Waals surface area contributed by atoms with Crippen molar-refractivity contribution in [3.8, 4) is 22.2 Å². The third-order valence-electron chi connectivity index (χ3n) is 3.48. The topological polar surface area (TPSA) is 48.4 Å². The minimum Gasteiger partial charge on any atom is -0.462 e. The highest BCUT2D eigenvalue weighted by atomic mass is 32.1. The lowest BCUT2D eigenvalue weighted by Gasteiger charge is -2.12. The van der Waals surface area contributed by atoms with Gasteiger partial charge >= 0.3 is 12.1 Å². The Morgan fingerprint density at radius 2 is 1.74 bits per heavy atom. The maximum atomic E-state index is 13.2. The van der Waals surface area contributed by atoms with E-state index in [9.17, 15) is 18.0 Å². The fourth-order valence-corrected chi connectivity index (χ4v) is 3.19. The highest BCUT2D eigenvalue weighted by molar-refractivity contribution is 7.17. The van der Waals surface area contributed by atoms with Crippen LogP contribution in [0.3, 0.4) is 0 Å². The highest BCUT2D eigenvalue weighted by Crippen LogP contribution is 2.40. The van der Waals surface area contributed by atoms with E-state index in [0.717, 1.165) is 17.4 Å². The second-order valence-electron chi connectivity index (χ2n) is 5.34. The van der Waals surface area contributed by atoms with Gasteiger partial charge in [0.25, 0.3) is 0 Å². The highest BCUT2D eigenvalue weighted by Gasteiger charge is 2.35. The molecule has 0 saturated carbocycles. The molecule has 0 radical (unpaired) electrons. The van der Waals surface area contributed by atoms with E-state index in [1.807, 2.05) is 6.07 Å². The first kappa shape index (κ1) is 18.9. The largest absolute Gasteiger partial charge is 0.462 e. The first-order chi connectivity index (χ1) is 12.9. The Balaban J connectivity index is 2.05. The van der Waals surface area contributed by atoms with Gasteiger partial charge in [0.05, 0.1) is 12.2 Å². The molecule has 0 spiro atoms. The first-order valence-electron chi connectivity index (χ1n) is 7.97. The SMILES string of the molecule is CCOC(=O)c1sc(-c2ccccc2)nc1Oc1ccccc1C(F)(F)F. The summed E-state index contributed by atoms with van der Waals surface area (Å²) in [7, 11) is 0. The molecule has 0 atom stereocenters. The molecule has 3 rings (SSSR count). The number of nitrogens with zero attached hydrogens (tertiary/aromatic N) is 1. The summed E-state index contributed by atoms with van der Waals surface area (Å²) in [4.78, 5) is 16.5. The number of benzene rings is 2. The molecular weight excluding hydrogens is 379 g/mol. The smallest absolute Gasteiger partial charge is 0.419 e. The summed E-state index contributed by atoms with van der Waals surface area (Å²) < 4.78 is 50.0. The lowest BCUT2D eigenvalue weighted by Crippen LogP contribution is -2.08. The summed E-state index contributed by atoms with van der Waals surface area (Å²) in [5, 5.41) is 0.443. The van der Waals surface area contributed by atoms with Crippen LogP contribution in [-0.4, -0.2) is 17.6 Å². The number of rotatable bonds is 5. The molecule has 27 heavy (non-hydrogen) atoms. The van der Waals surface area contributed by atoms with Gasteiger partial charge in [-0.25, -0.2) is 9.78 Å². The first-order valence-corrected chi connectivity index (χ1v) is 8.79. The predicted octanol–water partition coefficient (Wildman–Crippen LogP) is 5.80. The van der Waals surface area contributed by atoms with Crippen LogP contribution < -0.4 is 4.74 Å². The van der Waals surface area contributed by atoms with Gasteiger partial charge in [-0.05, 0) is 19.1 Å². The second-order valence-corrected chi connectivity index (χ2v) is 6.33. The van der Waals surface area contributed by atoms with E-state index in [0.29, 0.717) is 10.6 Å². The molecule has 2 aromatic carbocycles. The van der Waals surface area contributed by atoms with Crippen LogP contribution in [0.4, 0.5) is 13.2 Å². The van der Waals surface area contributed by atoms with E-state index >= 15 is 0 Å². The summed E-state index contributed by atoms with van der Waals surface area (Å²) in [5.74, 6) is -1.34. The van der Waals surface area contributed by atoms with Crippen molar-refractivity contribution in [1.29, 1.82) is 0 Å². The summed E-state index contributed by atoms with van der Waals surface area (Å²) in [5.41, 5.74) is -0.235. The molecule has 0 unspecified atom stereocenters. The molecule has 0 amide bonds. The van der Waals surface area contributed by atoms with E-state index in [1.54, 1.807) is 31.2 Å². The Kier molecular flexibility index (Phi) is 5.46. The van der Waals surface area contributed by atoms with Crippen molar-refractivity contribution in [2.24, 2.45) is 0 Å². The number of alkyl halides is 3. The van der Waals surface area contributed by atoms with Crippen molar-refractivity contribution in [2.75, 3.05) is 6.61 Å². The van der Waals surface area contributed by atoms with Crippen molar-refractivity contribution in [1.82, 2.24) is 4.98 Å². The zero-order valence-electron chi connectivity index (χ0n) is 14.1. The maximum absolute atomic E-state index is 13.2. The molecule has 3 aromatic rings. The Morgan fingerprint density at radius 1 is 1.07 bits per heavy atom. The van der Waals surface area contributed by atoms with E-state index in [1.165, 1.54) is 18.2 Å². The number of esters is 1. The van der Waals surface area contributed by atoms with E-state index in [-0.39, 0.29) is 17.4 Å². The zero-order chi connectivity index (χ0) is 19.4. The Hall–Kier alpha value is -2.87. The van der Waals surface area contributed by atoms with Crippen LogP contribution in [0.15, 0.2) is 54.6 Å². The third-order valence-corrected chi connectivity index (χ3v) is 4.54. The number of carbonyl (C=O) groups excluding carboxylic acids is 1. The molecule has 1 heterocycles. The number of para-hydroxylation sites is 1. The van der Waals surface area contributed by atoms with Gasteiger partial charge < -0.3 is 9.47 Å². The number of hydrogen-bond acceptors (Lipinski definition) is 5. The second kappa shape index (κ2) is 7.79. The van der Waals surface area contributed by atoms with Crippen LogP contribution in [0.2, 0.25) is 0 Å². The van der Waals surface area contributed by atoms with Crippen LogP contribution in [0.5, 0.6) is 11.6 Å². The predicted molar refractivity (Wildman–Crippen MR) is 95.0 cm³/mol. The number of thiazole rings is 1. The van der Waals surface area contributed by atoms with Crippen molar-refractivity contribution in [3.05, 3.63) is 65.0 Å². The van der Waals surface area contributed by atoms with Gasteiger partial charge in [0.2, 0.25) is 5.88 Å². The summed E-state index contributed by atoms with van der Waals surface area (Å²) in [6, 6.07) is 13.7. The van der Waals surface area contributed by atoms with E-state index in [4.69, 9.17) is 9.47 Å². The van der Waals surface area contributed by atoms with Crippen molar-refractivity contribution < 1.29 is 27.4 Å². The molecule has 0 saturated heterocycles. The standard InChI is InChI=1S/C19H14F3NO3S/c1-2-25-18(24)15-16(23-17(27-15)12-8-4-3-5-9-12)26-14-11-7-6-10-13(14)19(20,21)22/h3-11H,2H2,1H3. The van der Waals surface area contributed by atoms with Gasteiger partial charge in [0.15, 0.2) is 4.88 Å². The zero-order valence-corrected chi connectivity index (χ0v) is 14.9. The molecular formula is C19H14F3NO3S. The van der Waals surface area contributed by atoms with Crippen LogP contribution in [-0.2, 0) is 10.9 Å². The number of ether oxygens (including phenoxy) is 2. The minimum absolute atomic E-state index is 0.00711. The minimum atomic E-state index is -4.60. The average Bonchev–Trinajstić information content (AvgIpc) is 3.06.